The third kappa shape index (κ3) is 11.6. The van der Waals surface area contributed by atoms with E-state index in [1.807, 2.05) is 0 Å². The van der Waals surface area contributed by atoms with Crippen LogP contribution in [-0.2, 0) is 10.1 Å². The minimum Gasteiger partial charge on any atom is -0.507 e. The van der Waals surface area contributed by atoms with Crippen LogP contribution in [0.15, 0.2) is 127 Å². The number of hydrogen-bond donors (Lipinski definition) is 6. The summed E-state index contributed by atoms with van der Waals surface area (Å²) >= 11 is 0. The van der Waals surface area contributed by atoms with Gasteiger partial charge in [-0.3, -0.25) is 14.7 Å². The zero-order valence-corrected chi connectivity index (χ0v) is 40.6. The standard InChI is InChI=1S/C38H28N8O13S.3Na/c1-58-31-13-18(3-9-28(31)42-40-20-5-12-30(47)25(15-20)38(51)52)19-4-10-29(32(14-19)59-2)43-45-35-33(60(55,56)57)17-23-22(36(35)48)7-8-26(39)34(23)44-41-27-11-6-21(46(53)54)16-24(27)37(49)50;;;/h3-17,47-48H,39H2,1-2H3,(H,49,50)(H,51,52)(H,55,56,57);;;. The summed E-state index contributed by atoms with van der Waals surface area (Å²) in [6.07, 6.45) is 0. The van der Waals surface area contributed by atoms with Gasteiger partial charge in [0, 0.05) is 112 Å². The molecule has 21 nitrogen and oxygen atoms in total. The quantitative estimate of drug-likeness (QED) is 0.0159. The van der Waals surface area contributed by atoms with Crippen molar-refractivity contribution in [3.05, 3.63) is 112 Å². The van der Waals surface area contributed by atoms with E-state index in [-0.39, 0.29) is 139 Å². The molecule has 0 fully saturated rings. The zero-order chi connectivity index (χ0) is 43.5. The fourth-order valence-electron chi connectivity index (χ4n) is 5.68. The summed E-state index contributed by atoms with van der Waals surface area (Å²) in [6.45, 7) is 0. The molecule has 0 aliphatic carbocycles. The number of non-ortho nitro benzene ring substituents is 1. The van der Waals surface area contributed by atoms with Crippen LogP contribution < -0.4 is 15.2 Å². The van der Waals surface area contributed by atoms with E-state index in [2.05, 4.69) is 30.7 Å². The Morgan fingerprint density at radius 3 is 1.73 bits per heavy atom. The maximum atomic E-state index is 12.7. The Morgan fingerprint density at radius 1 is 0.651 bits per heavy atom. The zero-order valence-electron chi connectivity index (χ0n) is 33.8. The number of nitrogen functional groups attached to an aromatic ring is 1. The second-order valence-electron chi connectivity index (χ2n) is 12.3. The number of hydrogen-bond acceptors (Lipinski definition) is 17. The SMILES string of the molecule is COc1cc(-c2ccc(N=Nc3c(S(=O)(=O)O)cc4c(N=Nc5ccc([N+](=O)[O-])cc5C(=O)O)c(N)ccc4c3O)c(OC)c2)ccc1N=Nc1ccc(O)c(C(=O)O)c1.[Na].[Na].[Na]. The van der Waals surface area contributed by atoms with Crippen LogP contribution in [0.5, 0.6) is 23.0 Å². The Morgan fingerprint density at radius 2 is 1.19 bits per heavy atom. The molecule has 0 heterocycles. The fraction of sp³-hybridized carbons (Fsp3) is 0.0526. The van der Waals surface area contributed by atoms with Gasteiger partial charge in [0.1, 0.15) is 56.1 Å². The third-order valence-corrected chi connectivity index (χ3v) is 9.49. The summed E-state index contributed by atoms with van der Waals surface area (Å²) in [7, 11) is -2.38. The molecule has 0 amide bonds. The maximum Gasteiger partial charge on any atom is 0.339 e. The molecule has 0 unspecified atom stereocenters. The number of nitro benzene ring substituents is 1. The van der Waals surface area contributed by atoms with Crippen LogP contribution >= 0.6 is 0 Å². The van der Waals surface area contributed by atoms with E-state index in [0.29, 0.717) is 22.6 Å². The topological polar surface area (TPSA) is 331 Å². The van der Waals surface area contributed by atoms with Gasteiger partial charge in [0.15, 0.2) is 5.75 Å². The van der Waals surface area contributed by atoms with Crippen LogP contribution in [0.4, 0.5) is 45.5 Å². The maximum absolute atomic E-state index is 12.7. The van der Waals surface area contributed by atoms with Crippen molar-refractivity contribution < 1.29 is 57.4 Å². The summed E-state index contributed by atoms with van der Waals surface area (Å²) in [6, 6.07) is 19.7. The van der Waals surface area contributed by atoms with E-state index in [1.165, 1.54) is 44.6 Å². The number of nitro groups is 1. The largest absolute Gasteiger partial charge is 0.507 e. The molecule has 6 aromatic carbocycles. The number of phenols is 2. The van der Waals surface area contributed by atoms with Gasteiger partial charge in [-0.25, -0.2) is 9.59 Å². The van der Waals surface area contributed by atoms with Gasteiger partial charge in [0.25, 0.3) is 15.8 Å². The molecule has 0 saturated carbocycles. The van der Waals surface area contributed by atoms with Crippen LogP contribution in [0.25, 0.3) is 21.9 Å². The molecule has 6 aromatic rings. The van der Waals surface area contributed by atoms with Crippen molar-refractivity contribution in [1.82, 2.24) is 0 Å². The molecule has 7 N–H and O–H groups in total. The van der Waals surface area contributed by atoms with E-state index in [9.17, 15) is 53.1 Å². The first-order chi connectivity index (χ1) is 28.5. The molecule has 25 heteroatoms. The number of benzene rings is 6. The summed E-state index contributed by atoms with van der Waals surface area (Å²) in [5.74, 6) is -3.63. The van der Waals surface area contributed by atoms with Gasteiger partial charge in [-0.2, -0.15) is 13.5 Å². The second-order valence-corrected chi connectivity index (χ2v) is 13.7. The van der Waals surface area contributed by atoms with Crippen molar-refractivity contribution in [2.45, 2.75) is 4.90 Å². The first kappa shape index (κ1) is 52.0. The number of phenolic OH excluding ortho intramolecular Hbond substituents is 1. The number of azo groups is 3. The Bertz CT molecular complexity index is 2990. The minimum atomic E-state index is -5.13. The Hall–Kier alpha value is -5.37. The monoisotopic (exact) mass is 905 g/mol. The number of carboxylic acids is 2. The molecule has 0 atom stereocenters. The van der Waals surface area contributed by atoms with Crippen molar-refractivity contribution in [3.63, 3.8) is 0 Å². The van der Waals surface area contributed by atoms with Crippen molar-refractivity contribution in [3.8, 4) is 34.1 Å². The molecule has 0 aliphatic heterocycles. The number of carbonyl (C=O) groups is 2. The van der Waals surface area contributed by atoms with Crippen molar-refractivity contribution in [1.29, 1.82) is 0 Å². The number of aromatic carboxylic acids is 2. The average molecular weight is 906 g/mol. The molecular weight excluding hydrogens is 877 g/mol. The van der Waals surface area contributed by atoms with Gasteiger partial charge >= 0.3 is 11.9 Å². The number of ether oxygens (including phenoxy) is 2. The number of carboxylic acid groups (broad SMARTS) is 2. The molecule has 6 rings (SSSR count). The van der Waals surface area contributed by atoms with Crippen LogP contribution in [0.1, 0.15) is 20.7 Å². The normalized spacial score (nSPS) is 11.2. The molecular formula is C38H28N8Na3O13S. The number of aromatic hydroxyl groups is 2. The van der Waals surface area contributed by atoms with Crippen molar-refractivity contribution in [2.75, 3.05) is 20.0 Å². The van der Waals surface area contributed by atoms with Gasteiger partial charge < -0.3 is 35.6 Å². The van der Waals surface area contributed by atoms with Gasteiger partial charge in [-0.05, 0) is 77.9 Å². The molecule has 0 saturated heterocycles. The summed E-state index contributed by atoms with van der Waals surface area (Å²) in [5.41, 5.74) is 5.08. The molecule has 0 spiro atoms. The fourth-order valence-corrected chi connectivity index (χ4v) is 6.33. The molecule has 0 aliphatic rings. The molecule has 307 valence electrons. The number of fused-ring (bicyclic) bond motifs is 1. The average Bonchev–Trinajstić information content (AvgIpc) is 3.21. The minimum absolute atomic E-state index is 0. The Kier molecular flexibility index (Phi) is 18.0. The Balaban J connectivity index is 0.00000352. The first-order valence-electron chi connectivity index (χ1n) is 16.8. The van der Waals surface area contributed by atoms with Gasteiger partial charge in [0.2, 0.25) is 0 Å². The van der Waals surface area contributed by atoms with Crippen molar-refractivity contribution in [2.24, 2.45) is 30.7 Å². The van der Waals surface area contributed by atoms with Crippen LogP contribution in [0.3, 0.4) is 0 Å². The second kappa shape index (κ2) is 21.8. The van der Waals surface area contributed by atoms with E-state index in [0.717, 1.165) is 30.3 Å². The summed E-state index contributed by atoms with van der Waals surface area (Å²) in [4.78, 5) is 32.6. The predicted molar refractivity (Wildman–Crippen MR) is 230 cm³/mol. The first-order valence-corrected chi connectivity index (χ1v) is 18.2. The summed E-state index contributed by atoms with van der Waals surface area (Å²) < 4.78 is 46.6. The number of methoxy groups -OCH3 is 2. The van der Waals surface area contributed by atoms with Crippen LogP contribution in [-0.4, -0.2) is 153 Å². The smallest absolute Gasteiger partial charge is 0.339 e. The summed E-state index contributed by atoms with van der Waals surface area (Å²) in [5, 5.41) is 75.0. The number of anilines is 1. The van der Waals surface area contributed by atoms with Crippen LogP contribution in [0, 0.1) is 10.1 Å². The van der Waals surface area contributed by atoms with Gasteiger partial charge in [-0.1, -0.05) is 12.1 Å². The van der Waals surface area contributed by atoms with E-state index in [4.69, 9.17) is 15.2 Å². The van der Waals surface area contributed by atoms with E-state index in [1.54, 1.807) is 30.3 Å². The number of nitrogens with zero attached hydrogens (tertiary/aromatic N) is 7. The molecule has 0 bridgehead atoms. The molecule has 0 aromatic heterocycles. The Labute approximate surface area is 422 Å². The van der Waals surface area contributed by atoms with Crippen molar-refractivity contribution >= 4 is 167 Å². The number of nitrogens with two attached hydrogens (primary N) is 1. The third-order valence-electron chi connectivity index (χ3n) is 8.63. The van der Waals surface area contributed by atoms with Gasteiger partial charge in [0.05, 0.1) is 36.1 Å². The predicted octanol–water partition coefficient (Wildman–Crippen LogP) is 8.17. The number of rotatable bonds is 13. The van der Waals surface area contributed by atoms with E-state index < -0.39 is 60.3 Å². The van der Waals surface area contributed by atoms with Crippen LogP contribution in [0.2, 0.25) is 0 Å². The van der Waals surface area contributed by atoms with Gasteiger partial charge in [-0.15, -0.1) is 25.6 Å². The molecule has 3 radical (unpaired) electrons. The molecule has 63 heavy (non-hydrogen) atoms. The van der Waals surface area contributed by atoms with E-state index >= 15 is 0 Å².